The summed E-state index contributed by atoms with van der Waals surface area (Å²) < 4.78 is 5.23. The van der Waals surface area contributed by atoms with Gasteiger partial charge in [0.15, 0.2) is 6.61 Å². The van der Waals surface area contributed by atoms with Crippen LogP contribution in [-0.2, 0) is 0 Å². The predicted molar refractivity (Wildman–Crippen MR) is 79.7 cm³/mol. The van der Waals surface area contributed by atoms with Gasteiger partial charge in [0.25, 0.3) is 5.88 Å². The fourth-order valence-corrected chi connectivity index (χ4v) is 1.74. The Morgan fingerprint density at radius 2 is 2.17 bits per heavy atom. The zero-order valence-electron chi connectivity index (χ0n) is 11.6. The maximum absolute atomic E-state index is 11.5. The first-order chi connectivity index (χ1) is 11.0. The van der Waals surface area contributed by atoms with E-state index in [4.69, 9.17) is 10.00 Å². The lowest BCUT2D eigenvalue weighted by Crippen LogP contribution is -2.14. The van der Waals surface area contributed by atoms with E-state index in [0.717, 1.165) is 0 Å². The van der Waals surface area contributed by atoms with Gasteiger partial charge in [0.2, 0.25) is 0 Å². The molecule has 0 fully saturated rings. The molecule has 0 amide bonds. The van der Waals surface area contributed by atoms with Gasteiger partial charge >= 0.3 is 11.2 Å². The number of benzene rings is 1. The summed E-state index contributed by atoms with van der Waals surface area (Å²) in [5, 5.41) is 28.6. The van der Waals surface area contributed by atoms with Gasteiger partial charge < -0.3 is 14.8 Å². The number of aromatic nitrogens is 2. The Hall–Kier alpha value is -3.67. The molecule has 9 heteroatoms. The quantitative estimate of drug-likeness (QED) is 0.628. The Kier molecular flexibility index (Phi) is 4.69. The van der Waals surface area contributed by atoms with Crippen LogP contribution in [0.1, 0.15) is 11.4 Å². The highest BCUT2D eigenvalue weighted by atomic mass is 16.6. The van der Waals surface area contributed by atoms with E-state index >= 15 is 0 Å². The van der Waals surface area contributed by atoms with E-state index in [0.29, 0.717) is 11.3 Å². The van der Waals surface area contributed by atoms with Crippen molar-refractivity contribution < 1.29 is 14.8 Å². The highest BCUT2D eigenvalue weighted by Crippen LogP contribution is 2.21. The number of ether oxygens (including phenoxy) is 1. The molecule has 0 aliphatic heterocycles. The fourth-order valence-electron chi connectivity index (χ4n) is 1.74. The molecule has 0 atom stereocenters. The minimum Gasteiger partial charge on any atom is -0.488 e. The van der Waals surface area contributed by atoms with Crippen molar-refractivity contribution in [3.05, 3.63) is 56.1 Å². The number of aromatic amines is 1. The molecule has 0 spiro atoms. The molecule has 2 rings (SSSR count). The van der Waals surface area contributed by atoms with E-state index < -0.39 is 22.0 Å². The van der Waals surface area contributed by atoms with Gasteiger partial charge in [-0.05, 0) is 18.2 Å². The van der Waals surface area contributed by atoms with Crippen LogP contribution in [0.15, 0.2) is 29.1 Å². The molecule has 1 aromatic heterocycles. The van der Waals surface area contributed by atoms with E-state index in [1.165, 1.54) is 12.2 Å². The summed E-state index contributed by atoms with van der Waals surface area (Å²) in [6, 6.07) is 8.66. The standard InChI is InChI=1S/C14H10N4O5/c15-7-8-23-10-4-2-1-3-9(10)5-6-11-16-13(19)12(18(21)22)14(20)17-11/h1-6H,8H2,(H2,16,17,19,20). The monoisotopic (exact) mass is 314 g/mol. The molecule has 0 bridgehead atoms. The zero-order valence-corrected chi connectivity index (χ0v) is 11.6. The number of nitrogens with one attached hydrogen (secondary N) is 1. The van der Waals surface area contributed by atoms with Crippen LogP contribution in [0.25, 0.3) is 12.2 Å². The van der Waals surface area contributed by atoms with Crippen molar-refractivity contribution in [1.82, 2.24) is 9.97 Å². The third-order valence-corrected chi connectivity index (χ3v) is 2.71. The number of nitrogens with zero attached hydrogens (tertiary/aromatic N) is 3. The van der Waals surface area contributed by atoms with Gasteiger partial charge in [-0.25, -0.2) is 0 Å². The number of hydrogen-bond acceptors (Lipinski definition) is 7. The van der Waals surface area contributed by atoms with E-state index in [2.05, 4.69) is 9.97 Å². The van der Waals surface area contributed by atoms with Crippen molar-refractivity contribution in [3.8, 4) is 17.7 Å². The number of para-hydroxylation sites is 1. The maximum Gasteiger partial charge on any atom is 0.395 e. The van der Waals surface area contributed by atoms with Crippen LogP contribution in [0.3, 0.4) is 0 Å². The molecule has 0 saturated carbocycles. The molecule has 23 heavy (non-hydrogen) atoms. The minimum absolute atomic E-state index is 0.0619. The van der Waals surface area contributed by atoms with Gasteiger partial charge in [-0.2, -0.15) is 10.2 Å². The van der Waals surface area contributed by atoms with Crippen molar-refractivity contribution in [2.75, 3.05) is 6.61 Å². The van der Waals surface area contributed by atoms with Crippen molar-refractivity contribution in [1.29, 1.82) is 5.26 Å². The van der Waals surface area contributed by atoms with Crippen LogP contribution in [0.2, 0.25) is 0 Å². The molecular formula is C14H10N4O5. The summed E-state index contributed by atoms with van der Waals surface area (Å²) in [6.45, 7) is -0.127. The number of rotatable bonds is 5. The third kappa shape index (κ3) is 3.70. The maximum atomic E-state index is 11.5. The van der Waals surface area contributed by atoms with Gasteiger partial charge in [-0.1, -0.05) is 18.2 Å². The van der Waals surface area contributed by atoms with Crippen molar-refractivity contribution in [2.24, 2.45) is 0 Å². The first-order valence-corrected chi connectivity index (χ1v) is 6.27. The van der Waals surface area contributed by atoms with E-state index in [1.54, 1.807) is 24.3 Å². The first kappa shape index (κ1) is 15.7. The van der Waals surface area contributed by atoms with Crippen LogP contribution in [-0.4, -0.2) is 26.6 Å². The topological polar surface area (TPSA) is 142 Å². The number of aromatic hydroxyl groups is 1. The summed E-state index contributed by atoms with van der Waals surface area (Å²) in [4.78, 5) is 26.8. The largest absolute Gasteiger partial charge is 0.488 e. The molecule has 0 aliphatic carbocycles. The Labute approximate surface area is 129 Å². The molecule has 116 valence electrons. The molecule has 1 aromatic carbocycles. The van der Waals surface area contributed by atoms with Crippen LogP contribution < -0.4 is 10.3 Å². The normalized spacial score (nSPS) is 10.4. The summed E-state index contributed by atoms with van der Waals surface area (Å²) in [5.41, 5.74) is -1.47. The van der Waals surface area contributed by atoms with E-state index in [1.807, 2.05) is 6.07 Å². The third-order valence-electron chi connectivity index (χ3n) is 2.71. The zero-order chi connectivity index (χ0) is 16.8. The average Bonchev–Trinajstić information content (AvgIpc) is 2.50. The lowest BCUT2D eigenvalue weighted by molar-refractivity contribution is -0.387. The molecule has 9 nitrogen and oxygen atoms in total. The van der Waals surface area contributed by atoms with Crippen LogP contribution in [0.4, 0.5) is 5.69 Å². The highest BCUT2D eigenvalue weighted by molar-refractivity contribution is 5.70. The Morgan fingerprint density at radius 1 is 1.43 bits per heavy atom. The van der Waals surface area contributed by atoms with Crippen molar-refractivity contribution >= 4 is 17.8 Å². The number of nitro groups is 1. The lowest BCUT2D eigenvalue weighted by atomic mass is 10.2. The van der Waals surface area contributed by atoms with Gasteiger partial charge in [-0.15, -0.1) is 0 Å². The first-order valence-electron chi connectivity index (χ1n) is 6.27. The fraction of sp³-hybridized carbons (Fsp3) is 0.0714. The predicted octanol–water partition coefficient (Wildman–Crippen LogP) is 1.46. The Bertz CT molecular complexity index is 866. The van der Waals surface area contributed by atoms with Gasteiger partial charge in [0.05, 0.1) is 4.92 Å². The van der Waals surface area contributed by atoms with Gasteiger partial charge in [0, 0.05) is 5.56 Å². The van der Waals surface area contributed by atoms with Gasteiger partial charge in [-0.3, -0.25) is 14.9 Å². The van der Waals surface area contributed by atoms with Crippen LogP contribution in [0.5, 0.6) is 11.6 Å². The lowest BCUT2D eigenvalue weighted by Gasteiger charge is -2.05. The number of hydrogen-bond donors (Lipinski definition) is 2. The number of nitriles is 1. The second kappa shape index (κ2) is 6.86. The average molecular weight is 314 g/mol. The second-order valence-corrected chi connectivity index (χ2v) is 4.20. The minimum atomic E-state index is -1.06. The summed E-state index contributed by atoms with van der Waals surface area (Å²) in [5.74, 6) is -0.584. The van der Waals surface area contributed by atoms with Crippen molar-refractivity contribution in [3.63, 3.8) is 0 Å². The second-order valence-electron chi connectivity index (χ2n) is 4.20. The highest BCUT2D eigenvalue weighted by Gasteiger charge is 2.21. The summed E-state index contributed by atoms with van der Waals surface area (Å²) >= 11 is 0. The Morgan fingerprint density at radius 3 is 2.83 bits per heavy atom. The molecule has 0 unspecified atom stereocenters. The van der Waals surface area contributed by atoms with Crippen LogP contribution >= 0.6 is 0 Å². The van der Waals surface area contributed by atoms with Crippen LogP contribution in [0, 0.1) is 21.4 Å². The molecular weight excluding hydrogens is 304 g/mol. The van der Waals surface area contributed by atoms with E-state index in [-0.39, 0.29) is 12.4 Å². The summed E-state index contributed by atoms with van der Waals surface area (Å²) in [7, 11) is 0. The molecule has 1 heterocycles. The summed E-state index contributed by atoms with van der Waals surface area (Å²) in [6.07, 6.45) is 2.87. The Balaban J connectivity index is 2.33. The van der Waals surface area contributed by atoms with Crippen molar-refractivity contribution in [2.45, 2.75) is 0 Å². The van der Waals surface area contributed by atoms with Gasteiger partial charge in [0.1, 0.15) is 17.6 Å². The SMILES string of the molecule is N#CCOc1ccccc1C=Cc1nc(O)c([N+](=O)[O-])c(=O)[nH]1. The molecule has 0 aliphatic rings. The molecule has 2 aromatic rings. The smallest absolute Gasteiger partial charge is 0.395 e. The number of H-pyrrole nitrogens is 1. The molecule has 2 N–H and O–H groups in total. The molecule has 0 radical (unpaired) electrons. The molecule has 0 saturated heterocycles. The van der Waals surface area contributed by atoms with E-state index in [9.17, 15) is 20.0 Å².